The van der Waals surface area contributed by atoms with Gasteiger partial charge in [0.15, 0.2) is 0 Å². The molecule has 1 aromatic rings. The molecule has 0 fully saturated rings. The Labute approximate surface area is 113 Å². The number of pyridine rings is 1. The van der Waals surface area contributed by atoms with E-state index in [1.165, 1.54) is 0 Å². The molecule has 0 spiro atoms. The first-order valence-electron chi connectivity index (χ1n) is 5.32. The van der Waals surface area contributed by atoms with Crippen molar-refractivity contribution in [2.45, 2.75) is 39.4 Å². The van der Waals surface area contributed by atoms with Gasteiger partial charge in [0.2, 0.25) is 0 Å². The van der Waals surface area contributed by atoms with Crippen molar-refractivity contribution < 1.29 is 4.21 Å². The zero-order chi connectivity index (χ0) is 13.2. The largest absolute Gasteiger partial charge is 0.240 e. The van der Waals surface area contributed by atoms with E-state index in [1.54, 1.807) is 0 Å². The molecule has 94 valence electrons. The van der Waals surface area contributed by atoms with Crippen LogP contribution in [0.4, 0.5) is 0 Å². The Morgan fingerprint density at radius 1 is 1.41 bits per heavy atom. The van der Waals surface area contributed by atoms with Gasteiger partial charge in [-0.2, -0.15) is 4.40 Å². The van der Waals surface area contributed by atoms with E-state index >= 15 is 0 Å². The Morgan fingerprint density at radius 2 is 2.00 bits per heavy atom. The first-order valence-corrected chi connectivity index (χ1v) is 7.22. The van der Waals surface area contributed by atoms with Crippen LogP contribution in [0.15, 0.2) is 21.1 Å². The number of aryl methyl sites for hydroxylation is 1. The van der Waals surface area contributed by atoms with Crippen molar-refractivity contribution in [3.63, 3.8) is 0 Å². The molecule has 0 aliphatic rings. The predicted octanol–water partition coefficient (Wildman–Crippen LogP) is 3.42. The molecule has 0 aliphatic heterocycles. The maximum Gasteiger partial charge on any atom is 0.145 e. The van der Waals surface area contributed by atoms with Crippen LogP contribution in [0, 0.1) is 6.92 Å². The first-order chi connectivity index (χ1) is 7.70. The highest BCUT2D eigenvalue weighted by Gasteiger charge is 2.19. The Morgan fingerprint density at radius 3 is 2.47 bits per heavy atom. The lowest BCUT2D eigenvalue weighted by Gasteiger charge is -2.14. The molecule has 1 heterocycles. The number of rotatable bonds is 2. The summed E-state index contributed by atoms with van der Waals surface area (Å²) in [6.45, 7) is 9.53. The van der Waals surface area contributed by atoms with E-state index in [2.05, 4.69) is 25.3 Å². The van der Waals surface area contributed by atoms with E-state index in [9.17, 15) is 4.21 Å². The van der Waals surface area contributed by atoms with Crippen LogP contribution in [-0.4, -0.2) is 19.7 Å². The van der Waals surface area contributed by atoms with E-state index in [0.717, 1.165) is 15.9 Å². The molecule has 0 amide bonds. The summed E-state index contributed by atoms with van der Waals surface area (Å²) >= 11 is 3.35. The first kappa shape index (κ1) is 14.5. The predicted molar refractivity (Wildman–Crippen MR) is 76.8 cm³/mol. The second-order valence-electron chi connectivity index (χ2n) is 4.89. The summed E-state index contributed by atoms with van der Waals surface area (Å²) in [5.74, 6) is 0. The average molecular weight is 317 g/mol. The second-order valence-corrected chi connectivity index (χ2v) is 7.61. The monoisotopic (exact) mass is 316 g/mol. The number of nitrogens with zero attached hydrogens (tertiary/aromatic N) is 2. The quantitative estimate of drug-likeness (QED) is 0.619. The summed E-state index contributed by atoms with van der Waals surface area (Å²) < 4.78 is 16.5. The lowest BCUT2D eigenvalue weighted by atomic mass is 10.2. The van der Waals surface area contributed by atoms with Crippen molar-refractivity contribution in [3.05, 3.63) is 28.0 Å². The van der Waals surface area contributed by atoms with Gasteiger partial charge in [-0.3, -0.25) is 0 Å². The Bertz CT molecular complexity index is 458. The fourth-order valence-corrected chi connectivity index (χ4v) is 2.29. The Balaban J connectivity index is 3.08. The van der Waals surface area contributed by atoms with Crippen molar-refractivity contribution in [1.29, 1.82) is 0 Å². The van der Waals surface area contributed by atoms with E-state index in [1.807, 2.05) is 46.8 Å². The molecule has 0 aliphatic carbocycles. The highest BCUT2D eigenvalue weighted by atomic mass is 79.9. The molecule has 0 unspecified atom stereocenters. The Hall–Kier alpha value is -0.550. The lowest BCUT2D eigenvalue weighted by Crippen LogP contribution is -2.20. The number of hydrogen-bond acceptors (Lipinski definition) is 2. The molecule has 5 heteroatoms. The summed E-state index contributed by atoms with van der Waals surface area (Å²) in [5.41, 5.74) is 2.55. The number of halogens is 1. The van der Waals surface area contributed by atoms with Crippen LogP contribution in [0.5, 0.6) is 0 Å². The average Bonchev–Trinajstić information content (AvgIpc) is 2.14. The molecule has 1 rings (SSSR count). The maximum atomic E-state index is 11.9. The topological polar surface area (TPSA) is 42.3 Å². The van der Waals surface area contributed by atoms with Crippen molar-refractivity contribution >= 4 is 32.6 Å². The minimum atomic E-state index is -1.25. The fourth-order valence-electron chi connectivity index (χ4n) is 1.12. The SMILES string of the molecule is C/C(=N\[S@@](=O)C(C)(C)C)c1cc(C)cc(Br)n1. The van der Waals surface area contributed by atoms with E-state index in [4.69, 9.17) is 0 Å². The molecule has 0 radical (unpaired) electrons. The highest BCUT2D eigenvalue weighted by Crippen LogP contribution is 2.15. The second kappa shape index (κ2) is 5.40. The van der Waals surface area contributed by atoms with E-state index < -0.39 is 11.0 Å². The minimum absolute atomic E-state index is 0.345. The molecule has 3 nitrogen and oxygen atoms in total. The summed E-state index contributed by atoms with van der Waals surface area (Å²) in [4.78, 5) is 4.32. The molecule has 1 atom stereocenters. The van der Waals surface area contributed by atoms with Crippen LogP contribution in [0.3, 0.4) is 0 Å². The lowest BCUT2D eigenvalue weighted by molar-refractivity contribution is 0.650. The third kappa shape index (κ3) is 4.32. The van der Waals surface area contributed by atoms with Crippen LogP contribution in [-0.2, 0) is 11.0 Å². The van der Waals surface area contributed by atoms with Gasteiger partial charge in [-0.25, -0.2) is 9.19 Å². The molecule has 1 aromatic heterocycles. The number of hydrogen-bond donors (Lipinski definition) is 0. The standard InChI is InChI=1S/C12H17BrN2OS/c1-8-6-10(14-11(13)7-8)9(2)15-17(16)12(3,4)5/h6-7H,1-5H3/b15-9+/t17-/m0/s1. The maximum absolute atomic E-state index is 11.9. The van der Waals surface area contributed by atoms with Crippen LogP contribution in [0.1, 0.15) is 39.0 Å². The minimum Gasteiger partial charge on any atom is -0.240 e. The zero-order valence-electron chi connectivity index (χ0n) is 10.7. The van der Waals surface area contributed by atoms with Crippen LogP contribution < -0.4 is 0 Å². The van der Waals surface area contributed by atoms with Gasteiger partial charge in [-0.15, -0.1) is 0 Å². The summed E-state index contributed by atoms with van der Waals surface area (Å²) in [5, 5.41) is 0. The molecule has 0 bridgehead atoms. The van der Waals surface area contributed by atoms with E-state index in [-0.39, 0.29) is 4.75 Å². The van der Waals surface area contributed by atoms with E-state index in [0.29, 0.717) is 5.71 Å². The number of aromatic nitrogens is 1. The summed E-state index contributed by atoms with van der Waals surface area (Å²) in [6, 6.07) is 3.86. The molecule has 0 saturated carbocycles. The third-order valence-electron chi connectivity index (χ3n) is 2.05. The Kier molecular flexibility index (Phi) is 4.61. The molecule has 0 saturated heterocycles. The smallest absolute Gasteiger partial charge is 0.145 e. The van der Waals surface area contributed by atoms with Gasteiger partial charge in [-0.05, 0) is 68.2 Å². The molecular formula is C12H17BrN2OS. The van der Waals surface area contributed by atoms with Crippen molar-refractivity contribution in [2.75, 3.05) is 0 Å². The third-order valence-corrected chi connectivity index (χ3v) is 3.95. The van der Waals surface area contributed by atoms with Crippen LogP contribution in [0.2, 0.25) is 0 Å². The molecular weight excluding hydrogens is 300 g/mol. The summed E-state index contributed by atoms with van der Waals surface area (Å²) in [6.07, 6.45) is 0. The van der Waals surface area contributed by atoms with Gasteiger partial charge in [0.1, 0.15) is 15.6 Å². The van der Waals surface area contributed by atoms with Crippen LogP contribution in [0.25, 0.3) is 0 Å². The van der Waals surface area contributed by atoms with Gasteiger partial charge in [0.05, 0.1) is 16.2 Å². The van der Waals surface area contributed by atoms with Gasteiger partial charge in [0.25, 0.3) is 0 Å². The van der Waals surface area contributed by atoms with Gasteiger partial charge in [0, 0.05) is 0 Å². The van der Waals surface area contributed by atoms with Crippen molar-refractivity contribution in [1.82, 2.24) is 4.98 Å². The van der Waals surface area contributed by atoms with Gasteiger partial charge < -0.3 is 0 Å². The van der Waals surface area contributed by atoms with Crippen molar-refractivity contribution in [2.24, 2.45) is 4.40 Å². The summed E-state index contributed by atoms with van der Waals surface area (Å²) in [7, 11) is -1.25. The van der Waals surface area contributed by atoms with Gasteiger partial charge >= 0.3 is 0 Å². The normalized spacial score (nSPS) is 14.8. The molecule has 0 aromatic carbocycles. The van der Waals surface area contributed by atoms with Crippen molar-refractivity contribution in [3.8, 4) is 0 Å². The molecule has 17 heavy (non-hydrogen) atoms. The highest BCUT2D eigenvalue weighted by molar-refractivity contribution is 9.10. The fraction of sp³-hybridized carbons (Fsp3) is 0.500. The molecule has 0 N–H and O–H groups in total. The van der Waals surface area contributed by atoms with Crippen LogP contribution >= 0.6 is 15.9 Å². The zero-order valence-corrected chi connectivity index (χ0v) is 13.1. The van der Waals surface area contributed by atoms with Gasteiger partial charge in [-0.1, -0.05) is 0 Å².